The number of carbonyl (C=O) groups excluding carboxylic acids is 1. The summed E-state index contributed by atoms with van der Waals surface area (Å²) in [5.74, 6) is 0.274. The van der Waals surface area contributed by atoms with E-state index >= 15 is 0 Å². The number of ether oxygens (including phenoxy) is 1. The highest BCUT2D eigenvalue weighted by Crippen LogP contribution is 2.31. The van der Waals surface area contributed by atoms with Gasteiger partial charge >= 0.3 is 5.97 Å². The molecule has 120 valence electrons. The molecular formula is C21H19NO2. The molecule has 0 radical (unpaired) electrons. The summed E-state index contributed by atoms with van der Waals surface area (Å²) in [5, 5.41) is 0. The van der Waals surface area contributed by atoms with Crippen LogP contribution in [-0.2, 0) is 4.79 Å². The molecule has 0 aliphatic rings. The molecule has 0 saturated heterocycles. The van der Waals surface area contributed by atoms with E-state index in [2.05, 4.69) is 36.2 Å². The summed E-state index contributed by atoms with van der Waals surface area (Å²) >= 11 is 0. The molecule has 0 aliphatic carbocycles. The molecule has 3 heteroatoms. The van der Waals surface area contributed by atoms with E-state index in [1.165, 1.54) is 18.1 Å². The maximum atomic E-state index is 11.1. The van der Waals surface area contributed by atoms with Crippen molar-refractivity contribution in [1.82, 2.24) is 4.98 Å². The maximum absolute atomic E-state index is 11.1. The van der Waals surface area contributed by atoms with Crippen LogP contribution < -0.4 is 4.74 Å². The second-order valence-electron chi connectivity index (χ2n) is 5.76. The first-order valence-electron chi connectivity index (χ1n) is 7.89. The molecule has 0 saturated carbocycles. The fraction of sp³-hybridized carbons (Fsp3) is 0.143. The zero-order valence-corrected chi connectivity index (χ0v) is 13.8. The summed E-state index contributed by atoms with van der Waals surface area (Å²) in [6, 6.07) is 22.0. The van der Waals surface area contributed by atoms with Gasteiger partial charge in [0.25, 0.3) is 0 Å². The molecule has 3 aromatic rings. The Balaban J connectivity index is 2.01. The van der Waals surface area contributed by atoms with Crippen LogP contribution in [0, 0.1) is 6.92 Å². The molecule has 0 amide bonds. The van der Waals surface area contributed by atoms with Crippen LogP contribution in [0.4, 0.5) is 0 Å². The molecule has 1 aromatic heterocycles. The van der Waals surface area contributed by atoms with Crippen molar-refractivity contribution in [3.05, 3.63) is 95.3 Å². The average Bonchev–Trinajstić information content (AvgIpc) is 2.59. The number of pyridine rings is 1. The van der Waals surface area contributed by atoms with Crippen molar-refractivity contribution in [1.29, 1.82) is 0 Å². The molecule has 0 aliphatic heterocycles. The van der Waals surface area contributed by atoms with Gasteiger partial charge < -0.3 is 4.74 Å². The number of esters is 1. The van der Waals surface area contributed by atoms with Crippen LogP contribution in [0.15, 0.2) is 72.9 Å². The molecule has 24 heavy (non-hydrogen) atoms. The Labute approximate surface area is 142 Å². The molecule has 1 heterocycles. The second kappa shape index (κ2) is 7.09. The van der Waals surface area contributed by atoms with E-state index in [0.29, 0.717) is 5.75 Å². The number of aromatic nitrogens is 1. The lowest BCUT2D eigenvalue weighted by Gasteiger charge is -2.18. The number of nitrogens with zero attached hydrogens (tertiary/aromatic N) is 1. The summed E-state index contributed by atoms with van der Waals surface area (Å²) in [4.78, 5) is 15.6. The van der Waals surface area contributed by atoms with Gasteiger partial charge in [0.05, 0.1) is 11.6 Å². The molecule has 1 unspecified atom stereocenters. The lowest BCUT2D eigenvalue weighted by molar-refractivity contribution is -0.131. The Morgan fingerprint density at radius 3 is 2.08 bits per heavy atom. The normalized spacial score (nSPS) is 11.8. The van der Waals surface area contributed by atoms with Crippen molar-refractivity contribution in [3.8, 4) is 5.75 Å². The van der Waals surface area contributed by atoms with Crippen LogP contribution in [0.2, 0.25) is 0 Å². The van der Waals surface area contributed by atoms with Crippen LogP contribution >= 0.6 is 0 Å². The standard InChI is InChI=1S/C21H19NO2/c1-15-6-8-17(9-7-15)21(20-5-3-4-14-22-20)18-10-12-19(13-11-18)24-16(2)23/h3-14,21H,1-2H3. The van der Waals surface area contributed by atoms with E-state index in [-0.39, 0.29) is 11.9 Å². The monoisotopic (exact) mass is 317 g/mol. The van der Waals surface area contributed by atoms with Gasteiger partial charge in [-0.15, -0.1) is 0 Å². The number of benzene rings is 2. The molecular weight excluding hydrogens is 298 g/mol. The van der Waals surface area contributed by atoms with Crippen molar-refractivity contribution in [3.63, 3.8) is 0 Å². The topological polar surface area (TPSA) is 39.2 Å². The van der Waals surface area contributed by atoms with Gasteiger partial charge in [-0.2, -0.15) is 0 Å². The average molecular weight is 317 g/mol. The van der Waals surface area contributed by atoms with E-state index in [0.717, 1.165) is 11.3 Å². The molecule has 0 spiro atoms. The molecule has 3 rings (SSSR count). The molecule has 0 fully saturated rings. The Morgan fingerprint density at radius 1 is 0.917 bits per heavy atom. The molecule has 3 nitrogen and oxygen atoms in total. The quantitative estimate of drug-likeness (QED) is 0.525. The highest BCUT2D eigenvalue weighted by atomic mass is 16.5. The molecule has 1 atom stereocenters. The van der Waals surface area contributed by atoms with Crippen molar-refractivity contribution >= 4 is 5.97 Å². The summed E-state index contributed by atoms with van der Waals surface area (Å²) in [6.07, 6.45) is 1.81. The molecule has 0 N–H and O–H groups in total. The number of rotatable bonds is 4. The van der Waals surface area contributed by atoms with Crippen LogP contribution in [0.5, 0.6) is 5.75 Å². The minimum absolute atomic E-state index is 0.0400. The predicted molar refractivity (Wildman–Crippen MR) is 94.1 cm³/mol. The highest BCUT2D eigenvalue weighted by Gasteiger charge is 2.18. The maximum Gasteiger partial charge on any atom is 0.308 e. The van der Waals surface area contributed by atoms with Gasteiger partial charge in [0.2, 0.25) is 0 Å². The number of carbonyl (C=O) groups is 1. The first kappa shape index (κ1) is 15.9. The summed E-state index contributed by atoms with van der Waals surface area (Å²) in [5.41, 5.74) is 4.50. The van der Waals surface area contributed by atoms with E-state index in [9.17, 15) is 4.79 Å². The number of hydrogen-bond donors (Lipinski definition) is 0. The van der Waals surface area contributed by atoms with Gasteiger partial charge in [-0.3, -0.25) is 9.78 Å². The zero-order chi connectivity index (χ0) is 16.9. The predicted octanol–water partition coefficient (Wildman–Crippen LogP) is 4.50. The minimum atomic E-state index is -0.317. The largest absolute Gasteiger partial charge is 0.427 e. The third-order valence-corrected chi connectivity index (χ3v) is 3.87. The molecule has 0 bridgehead atoms. The van der Waals surface area contributed by atoms with Gasteiger partial charge in [-0.1, -0.05) is 48.0 Å². The van der Waals surface area contributed by atoms with E-state index in [1.54, 1.807) is 0 Å². The van der Waals surface area contributed by atoms with E-state index in [4.69, 9.17) is 4.74 Å². The number of hydrogen-bond acceptors (Lipinski definition) is 3. The summed E-state index contributed by atoms with van der Waals surface area (Å²) in [7, 11) is 0. The Kier molecular flexibility index (Phi) is 4.71. The summed E-state index contributed by atoms with van der Waals surface area (Å²) in [6.45, 7) is 3.48. The van der Waals surface area contributed by atoms with Gasteiger partial charge in [-0.05, 0) is 42.3 Å². The van der Waals surface area contributed by atoms with Gasteiger partial charge in [0.1, 0.15) is 5.75 Å². The fourth-order valence-corrected chi connectivity index (χ4v) is 2.73. The van der Waals surface area contributed by atoms with Crippen molar-refractivity contribution in [2.24, 2.45) is 0 Å². The highest BCUT2D eigenvalue weighted by molar-refractivity contribution is 5.69. The van der Waals surface area contributed by atoms with Gasteiger partial charge in [0, 0.05) is 13.1 Å². The lowest BCUT2D eigenvalue weighted by Crippen LogP contribution is -2.06. The zero-order valence-electron chi connectivity index (χ0n) is 13.8. The summed E-state index contributed by atoms with van der Waals surface area (Å²) < 4.78 is 5.12. The van der Waals surface area contributed by atoms with Crippen LogP contribution in [0.25, 0.3) is 0 Å². The first-order valence-corrected chi connectivity index (χ1v) is 7.89. The smallest absolute Gasteiger partial charge is 0.308 e. The van der Waals surface area contributed by atoms with Crippen LogP contribution in [-0.4, -0.2) is 11.0 Å². The Morgan fingerprint density at radius 2 is 1.54 bits per heavy atom. The van der Waals surface area contributed by atoms with E-state index < -0.39 is 0 Å². The first-order chi connectivity index (χ1) is 11.6. The fourth-order valence-electron chi connectivity index (χ4n) is 2.73. The van der Waals surface area contributed by atoms with Crippen molar-refractivity contribution < 1.29 is 9.53 Å². The third kappa shape index (κ3) is 3.69. The van der Waals surface area contributed by atoms with Gasteiger partial charge in [0.15, 0.2) is 0 Å². The third-order valence-electron chi connectivity index (χ3n) is 3.87. The van der Waals surface area contributed by atoms with Crippen molar-refractivity contribution in [2.45, 2.75) is 19.8 Å². The van der Waals surface area contributed by atoms with Crippen LogP contribution in [0.3, 0.4) is 0 Å². The van der Waals surface area contributed by atoms with Gasteiger partial charge in [-0.25, -0.2) is 0 Å². The minimum Gasteiger partial charge on any atom is -0.427 e. The Hall–Kier alpha value is -2.94. The van der Waals surface area contributed by atoms with Crippen LogP contribution in [0.1, 0.15) is 35.2 Å². The number of aryl methyl sites for hydroxylation is 1. The second-order valence-corrected chi connectivity index (χ2v) is 5.76. The van der Waals surface area contributed by atoms with E-state index in [1.807, 2.05) is 48.7 Å². The lowest BCUT2D eigenvalue weighted by atomic mass is 9.87. The SMILES string of the molecule is CC(=O)Oc1ccc(C(c2ccc(C)cc2)c2ccccn2)cc1. The molecule has 2 aromatic carbocycles. The Bertz CT molecular complexity index is 809. The van der Waals surface area contributed by atoms with Crippen molar-refractivity contribution in [2.75, 3.05) is 0 Å².